The van der Waals surface area contributed by atoms with Gasteiger partial charge in [0.2, 0.25) is 0 Å². The molecule has 118 valence electrons. The van der Waals surface area contributed by atoms with Crippen LogP contribution in [-0.2, 0) is 11.3 Å². The van der Waals surface area contributed by atoms with Crippen molar-refractivity contribution in [3.63, 3.8) is 0 Å². The fourth-order valence-electron chi connectivity index (χ4n) is 2.86. The van der Waals surface area contributed by atoms with E-state index in [-0.39, 0.29) is 0 Å². The summed E-state index contributed by atoms with van der Waals surface area (Å²) in [5.41, 5.74) is 7.04. The third-order valence-corrected chi connectivity index (χ3v) is 4.06. The van der Waals surface area contributed by atoms with E-state index >= 15 is 0 Å². The van der Waals surface area contributed by atoms with Crippen molar-refractivity contribution in [2.45, 2.75) is 26.0 Å². The van der Waals surface area contributed by atoms with Crippen molar-refractivity contribution in [2.75, 3.05) is 45.9 Å². The average Bonchev–Trinajstić information content (AvgIpc) is 2.54. The Morgan fingerprint density at radius 3 is 2.86 bits per heavy atom. The van der Waals surface area contributed by atoms with Gasteiger partial charge in [-0.25, -0.2) is 0 Å². The molecule has 0 aliphatic carbocycles. The summed E-state index contributed by atoms with van der Waals surface area (Å²) >= 11 is 0. The zero-order valence-electron chi connectivity index (χ0n) is 13.2. The summed E-state index contributed by atoms with van der Waals surface area (Å²) in [7, 11) is 0. The van der Waals surface area contributed by atoms with Gasteiger partial charge in [-0.15, -0.1) is 0 Å². The molecule has 1 heterocycles. The molecule has 2 N–H and O–H groups in total. The number of nitrogens with two attached hydrogens (primary N) is 1. The quantitative estimate of drug-likeness (QED) is 0.789. The summed E-state index contributed by atoms with van der Waals surface area (Å²) in [6.07, 6.45) is 1.36. The first-order valence-electron chi connectivity index (χ1n) is 8.12. The first kappa shape index (κ1) is 16.4. The van der Waals surface area contributed by atoms with E-state index in [1.54, 1.807) is 0 Å². The first-order chi connectivity index (χ1) is 10.3. The van der Waals surface area contributed by atoms with Gasteiger partial charge in [0, 0.05) is 26.2 Å². The van der Waals surface area contributed by atoms with Crippen LogP contribution in [0.15, 0.2) is 30.3 Å². The Hall–Kier alpha value is -0.940. The number of likely N-dealkylation sites (N-methyl/N-ethyl adjacent to an activating group) is 1. The van der Waals surface area contributed by atoms with Gasteiger partial charge in [-0.1, -0.05) is 37.3 Å². The van der Waals surface area contributed by atoms with Crippen molar-refractivity contribution < 1.29 is 4.74 Å². The van der Waals surface area contributed by atoms with E-state index in [9.17, 15) is 0 Å². The van der Waals surface area contributed by atoms with Crippen molar-refractivity contribution in [3.05, 3.63) is 35.9 Å². The molecule has 1 unspecified atom stereocenters. The average molecular weight is 291 g/mol. The maximum absolute atomic E-state index is 5.94. The van der Waals surface area contributed by atoms with E-state index in [1.165, 1.54) is 5.56 Å². The highest BCUT2D eigenvalue weighted by Crippen LogP contribution is 2.10. The minimum atomic E-state index is 0.320. The van der Waals surface area contributed by atoms with Crippen LogP contribution in [0.5, 0.6) is 0 Å². The number of hydrogen-bond donors (Lipinski definition) is 1. The molecule has 0 aromatic heterocycles. The third kappa shape index (κ3) is 5.75. The molecule has 1 aliphatic rings. The van der Waals surface area contributed by atoms with Crippen molar-refractivity contribution in [1.29, 1.82) is 0 Å². The molecule has 1 aromatic rings. The van der Waals surface area contributed by atoms with E-state index in [4.69, 9.17) is 10.5 Å². The second-order valence-electron chi connectivity index (χ2n) is 5.75. The molecular formula is C17H29N3O. The van der Waals surface area contributed by atoms with Gasteiger partial charge in [0.05, 0.1) is 12.7 Å². The first-order valence-corrected chi connectivity index (χ1v) is 8.12. The monoisotopic (exact) mass is 291 g/mol. The van der Waals surface area contributed by atoms with Gasteiger partial charge in [-0.3, -0.25) is 9.80 Å². The summed E-state index contributed by atoms with van der Waals surface area (Å²) in [5.74, 6) is 0. The number of hydrogen-bond acceptors (Lipinski definition) is 4. The van der Waals surface area contributed by atoms with Crippen LogP contribution in [0.4, 0.5) is 0 Å². The Morgan fingerprint density at radius 2 is 2.14 bits per heavy atom. The van der Waals surface area contributed by atoms with Crippen LogP contribution in [0.1, 0.15) is 18.9 Å². The minimum absolute atomic E-state index is 0.320. The van der Waals surface area contributed by atoms with Crippen LogP contribution in [0, 0.1) is 0 Å². The second kappa shape index (κ2) is 9.15. The largest absolute Gasteiger partial charge is 0.374 e. The smallest absolute Gasteiger partial charge is 0.0829 e. The van der Waals surface area contributed by atoms with Crippen LogP contribution >= 0.6 is 0 Å². The lowest BCUT2D eigenvalue weighted by Gasteiger charge is -2.35. The maximum Gasteiger partial charge on any atom is 0.0829 e. The molecule has 4 nitrogen and oxygen atoms in total. The SMILES string of the molecule is CCN1CCOC(CN(CCCN)Cc2ccccc2)C1. The topological polar surface area (TPSA) is 41.7 Å². The molecule has 0 bridgehead atoms. The van der Waals surface area contributed by atoms with E-state index in [0.717, 1.165) is 58.8 Å². The molecule has 1 aromatic carbocycles. The highest BCUT2D eigenvalue weighted by molar-refractivity contribution is 5.14. The highest BCUT2D eigenvalue weighted by Gasteiger charge is 2.21. The van der Waals surface area contributed by atoms with Crippen molar-refractivity contribution >= 4 is 0 Å². The summed E-state index contributed by atoms with van der Waals surface area (Å²) in [6, 6.07) is 10.7. The maximum atomic E-state index is 5.94. The highest BCUT2D eigenvalue weighted by atomic mass is 16.5. The zero-order chi connectivity index (χ0) is 14.9. The molecule has 1 aliphatic heterocycles. The van der Waals surface area contributed by atoms with Gasteiger partial charge in [0.25, 0.3) is 0 Å². The van der Waals surface area contributed by atoms with Gasteiger partial charge in [0.1, 0.15) is 0 Å². The predicted molar refractivity (Wildman–Crippen MR) is 87.2 cm³/mol. The molecular weight excluding hydrogens is 262 g/mol. The van der Waals surface area contributed by atoms with Crippen LogP contribution in [0.3, 0.4) is 0 Å². The Bertz CT molecular complexity index is 385. The summed E-state index contributed by atoms with van der Waals surface area (Å²) in [5, 5.41) is 0. The fraction of sp³-hybridized carbons (Fsp3) is 0.647. The molecule has 21 heavy (non-hydrogen) atoms. The Balaban J connectivity index is 1.89. The Labute approximate surface area is 128 Å². The van der Waals surface area contributed by atoms with E-state index in [1.807, 2.05) is 0 Å². The second-order valence-corrected chi connectivity index (χ2v) is 5.75. The van der Waals surface area contributed by atoms with Gasteiger partial charge in [-0.2, -0.15) is 0 Å². The summed E-state index contributed by atoms with van der Waals surface area (Å²) in [4.78, 5) is 4.95. The standard InChI is InChI=1S/C17H29N3O/c1-2-19-11-12-21-17(14-19)15-20(10-6-9-18)13-16-7-4-3-5-8-16/h3-5,7-8,17H,2,6,9-15,18H2,1H3. The van der Waals surface area contributed by atoms with Crippen molar-refractivity contribution in [1.82, 2.24) is 9.80 Å². The lowest BCUT2D eigenvalue weighted by Crippen LogP contribution is -2.47. The number of ether oxygens (including phenoxy) is 1. The molecule has 2 rings (SSSR count). The van der Waals surface area contributed by atoms with Crippen LogP contribution in [0.2, 0.25) is 0 Å². The summed E-state index contributed by atoms with van der Waals surface area (Å²) < 4.78 is 5.94. The van der Waals surface area contributed by atoms with Crippen molar-refractivity contribution in [2.24, 2.45) is 5.73 Å². The van der Waals surface area contributed by atoms with Gasteiger partial charge in [-0.05, 0) is 31.6 Å². The number of morpholine rings is 1. The molecule has 0 saturated carbocycles. The van der Waals surface area contributed by atoms with Crippen LogP contribution in [0.25, 0.3) is 0 Å². The van der Waals surface area contributed by atoms with E-state index in [0.29, 0.717) is 6.10 Å². The lowest BCUT2D eigenvalue weighted by molar-refractivity contribution is -0.0429. The van der Waals surface area contributed by atoms with Gasteiger partial charge >= 0.3 is 0 Å². The van der Waals surface area contributed by atoms with Crippen molar-refractivity contribution in [3.8, 4) is 0 Å². The molecule has 1 fully saturated rings. The number of rotatable bonds is 8. The van der Waals surface area contributed by atoms with E-state index in [2.05, 4.69) is 47.1 Å². The summed E-state index contributed by atoms with van der Waals surface area (Å²) in [6.45, 7) is 10.1. The normalized spacial score (nSPS) is 20.0. The van der Waals surface area contributed by atoms with Gasteiger partial charge in [0.15, 0.2) is 0 Å². The fourth-order valence-corrected chi connectivity index (χ4v) is 2.86. The molecule has 0 amide bonds. The predicted octanol–water partition coefficient (Wildman–Crippen LogP) is 1.56. The minimum Gasteiger partial charge on any atom is -0.374 e. The van der Waals surface area contributed by atoms with Gasteiger partial charge < -0.3 is 10.5 Å². The lowest BCUT2D eigenvalue weighted by atomic mass is 10.2. The number of benzene rings is 1. The van der Waals surface area contributed by atoms with Crippen LogP contribution < -0.4 is 5.73 Å². The zero-order valence-corrected chi connectivity index (χ0v) is 13.2. The Morgan fingerprint density at radius 1 is 1.33 bits per heavy atom. The number of nitrogens with zero attached hydrogens (tertiary/aromatic N) is 2. The van der Waals surface area contributed by atoms with Crippen LogP contribution in [-0.4, -0.2) is 61.8 Å². The molecule has 1 atom stereocenters. The van der Waals surface area contributed by atoms with E-state index < -0.39 is 0 Å². The third-order valence-electron chi connectivity index (χ3n) is 4.06. The Kier molecular flexibility index (Phi) is 7.16. The molecule has 0 spiro atoms. The molecule has 0 radical (unpaired) electrons. The molecule has 1 saturated heterocycles. The molecule has 4 heteroatoms.